The molecule has 1 aromatic carbocycles. The number of anilines is 2. The number of nitrogens with one attached hydrogen (secondary N) is 2. The fourth-order valence-corrected chi connectivity index (χ4v) is 1.92. The first-order chi connectivity index (χ1) is 10.2. The summed E-state index contributed by atoms with van der Waals surface area (Å²) < 4.78 is 0. The van der Waals surface area contributed by atoms with Crippen LogP contribution in [0, 0.1) is 5.92 Å². The molecule has 6 nitrogen and oxygen atoms in total. The number of rotatable bonds is 5. The SMILES string of the molecule is CC(=O)NC(C(=O)Nc1ccc(N(C)C(C)=O)cc1)C(C)C. The van der Waals surface area contributed by atoms with Crippen molar-refractivity contribution in [1.82, 2.24) is 5.32 Å². The second-order valence-electron chi connectivity index (χ2n) is 5.54. The topological polar surface area (TPSA) is 78.5 Å². The second kappa shape index (κ2) is 7.59. The first-order valence-electron chi connectivity index (χ1n) is 7.14. The fourth-order valence-electron chi connectivity index (χ4n) is 1.92. The summed E-state index contributed by atoms with van der Waals surface area (Å²) in [6, 6.07) is 6.35. The molecule has 120 valence electrons. The third-order valence-corrected chi connectivity index (χ3v) is 3.30. The Morgan fingerprint density at radius 2 is 1.59 bits per heavy atom. The number of benzene rings is 1. The predicted octanol–water partition coefficient (Wildman–Crippen LogP) is 1.77. The molecule has 0 radical (unpaired) electrons. The Bertz CT molecular complexity index is 552. The van der Waals surface area contributed by atoms with E-state index in [1.807, 2.05) is 13.8 Å². The van der Waals surface area contributed by atoms with E-state index in [1.165, 1.54) is 18.7 Å². The molecule has 0 bridgehead atoms. The molecule has 0 aromatic heterocycles. The molecule has 0 aliphatic carbocycles. The van der Waals surface area contributed by atoms with Crippen LogP contribution in [-0.4, -0.2) is 30.8 Å². The van der Waals surface area contributed by atoms with Crippen LogP contribution < -0.4 is 15.5 Å². The highest BCUT2D eigenvalue weighted by Gasteiger charge is 2.23. The summed E-state index contributed by atoms with van der Waals surface area (Å²) in [5.74, 6) is -0.598. The molecular formula is C16H23N3O3. The summed E-state index contributed by atoms with van der Waals surface area (Å²) in [5.41, 5.74) is 1.36. The number of nitrogens with zero attached hydrogens (tertiary/aromatic N) is 1. The molecule has 0 heterocycles. The largest absolute Gasteiger partial charge is 0.344 e. The van der Waals surface area contributed by atoms with E-state index in [0.29, 0.717) is 5.69 Å². The minimum atomic E-state index is -0.586. The van der Waals surface area contributed by atoms with E-state index in [9.17, 15) is 14.4 Å². The molecule has 0 aliphatic heterocycles. The van der Waals surface area contributed by atoms with Gasteiger partial charge in [-0.25, -0.2) is 0 Å². The van der Waals surface area contributed by atoms with Crippen molar-refractivity contribution < 1.29 is 14.4 Å². The summed E-state index contributed by atoms with van der Waals surface area (Å²) in [6.45, 7) is 6.60. The lowest BCUT2D eigenvalue weighted by Crippen LogP contribution is -2.46. The van der Waals surface area contributed by atoms with Crippen LogP contribution in [0.25, 0.3) is 0 Å². The molecule has 6 heteroatoms. The van der Waals surface area contributed by atoms with Crippen molar-refractivity contribution in [3.63, 3.8) is 0 Å². The van der Waals surface area contributed by atoms with Gasteiger partial charge in [-0.3, -0.25) is 14.4 Å². The van der Waals surface area contributed by atoms with E-state index in [-0.39, 0.29) is 23.6 Å². The summed E-state index contributed by atoms with van der Waals surface area (Å²) in [6.07, 6.45) is 0. The van der Waals surface area contributed by atoms with Gasteiger partial charge in [-0.1, -0.05) is 13.8 Å². The highest BCUT2D eigenvalue weighted by molar-refractivity contribution is 5.97. The Hall–Kier alpha value is -2.37. The van der Waals surface area contributed by atoms with Crippen molar-refractivity contribution in [1.29, 1.82) is 0 Å². The van der Waals surface area contributed by atoms with Gasteiger partial charge in [0.05, 0.1) is 0 Å². The van der Waals surface area contributed by atoms with E-state index in [0.717, 1.165) is 5.69 Å². The smallest absolute Gasteiger partial charge is 0.247 e. The predicted molar refractivity (Wildman–Crippen MR) is 86.6 cm³/mol. The van der Waals surface area contributed by atoms with E-state index in [2.05, 4.69) is 10.6 Å². The first kappa shape index (κ1) is 17.7. The van der Waals surface area contributed by atoms with Crippen LogP contribution in [0.5, 0.6) is 0 Å². The lowest BCUT2D eigenvalue weighted by atomic mass is 10.0. The molecule has 1 rings (SSSR count). The molecule has 0 fully saturated rings. The van der Waals surface area contributed by atoms with Crippen molar-refractivity contribution in [3.8, 4) is 0 Å². The van der Waals surface area contributed by atoms with Gasteiger partial charge in [0, 0.05) is 32.3 Å². The van der Waals surface area contributed by atoms with E-state index in [4.69, 9.17) is 0 Å². The minimum absolute atomic E-state index is 0.0213. The van der Waals surface area contributed by atoms with Crippen molar-refractivity contribution in [2.45, 2.75) is 33.7 Å². The van der Waals surface area contributed by atoms with Gasteiger partial charge in [-0.15, -0.1) is 0 Å². The zero-order chi connectivity index (χ0) is 16.9. The molecule has 1 atom stereocenters. The minimum Gasteiger partial charge on any atom is -0.344 e. The summed E-state index contributed by atoms with van der Waals surface area (Å²) in [4.78, 5) is 36.2. The fraction of sp³-hybridized carbons (Fsp3) is 0.438. The van der Waals surface area contributed by atoms with Crippen LogP contribution in [-0.2, 0) is 14.4 Å². The maximum Gasteiger partial charge on any atom is 0.247 e. The maximum absolute atomic E-state index is 12.2. The molecule has 0 spiro atoms. The lowest BCUT2D eigenvalue weighted by Gasteiger charge is -2.21. The van der Waals surface area contributed by atoms with Gasteiger partial charge in [0.25, 0.3) is 0 Å². The molecule has 2 N–H and O–H groups in total. The zero-order valence-electron chi connectivity index (χ0n) is 13.6. The highest BCUT2D eigenvalue weighted by Crippen LogP contribution is 2.17. The van der Waals surface area contributed by atoms with Crippen LogP contribution in [0.4, 0.5) is 11.4 Å². The average Bonchev–Trinajstić information content (AvgIpc) is 2.44. The van der Waals surface area contributed by atoms with E-state index in [1.54, 1.807) is 31.3 Å². The number of hydrogen-bond acceptors (Lipinski definition) is 3. The quantitative estimate of drug-likeness (QED) is 0.870. The van der Waals surface area contributed by atoms with Gasteiger partial charge in [0.2, 0.25) is 17.7 Å². The van der Waals surface area contributed by atoms with Crippen molar-refractivity contribution >= 4 is 29.1 Å². The number of carbonyl (C=O) groups excluding carboxylic acids is 3. The van der Waals surface area contributed by atoms with Gasteiger partial charge < -0.3 is 15.5 Å². The Morgan fingerprint density at radius 1 is 1.05 bits per heavy atom. The maximum atomic E-state index is 12.2. The van der Waals surface area contributed by atoms with Crippen LogP contribution in [0.2, 0.25) is 0 Å². The number of hydrogen-bond donors (Lipinski definition) is 2. The van der Waals surface area contributed by atoms with Crippen LogP contribution in [0.1, 0.15) is 27.7 Å². The van der Waals surface area contributed by atoms with Gasteiger partial charge in [0.15, 0.2) is 0 Å². The normalized spacial score (nSPS) is 11.7. The van der Waals surface area contributed by atoms with Gasteiger partial charge in [-0.05, 0) is 30.2 Å². The van der Waals surface area contributed by atoms with Gasteiger partial charge in [0.1, 0.15) is 6.04 Å². The van der Waals surface area contributed by atoms with Crippen molar-refractivity contribution in [2.75, 3.05) is 17.3 Å². The van der Waals surface area contributed by atoms with Crippen molar-refractivity contribution in [2.24, 2.45) is 5.92 Å². The standard InChI is InChI=1S/C16H23N3O3/c1-10(2)15(17-11(3)20)16(22)18-13-6-8-14(9-7-13)19(5)12(4)21/h6-10,15H,1-5H3,(H,17,20)(H,18,22). The molecule has 1 aromatic rings. The Kier molecular flexibility index (Phi) is 6.10. The molecule has 0 aliphatic rings. The molecule has 3 amide bonds. The average molecular weight is 305 g/mol. The highest BCUT2D eigenvalue weighted by atomic mass is 16.2. The monoisotopic (exact) mass is 305 g/mol. The molecule has 1 unspecified atom stereocenters. The Labute approximate surface area is 130 Å². The van der Waals surface area contributed by atoms with Crippen LogP contribution >= 0.6 is 0 Å². The van der Waals surface area contributed by atoms with E-state index < -0.39 is 6.04 Å². The first-order valence-corrected chi connectivity index (χ1v) is 7.14. The Balaban J connectivity index is 2.79. The second-order valence-corrected chi connectivity index (χ2v) is 5.54. The summed E-state index contributed by atoms with van der Waals surface area (Å²) >= 11 is 0. The third kappa shape index (κ3) is 4.87. The molecule has 0 saturated carbocycles. The van der Waals surface area contributed by atoms with Gasteiger partial charge >= 0.3 is 0 Å². The Morgan fingerprint density at radius 3 is 2.00 bits per heavy atom. The number of amides is 3. The molecular weight excluding hydrogens is 282 g/mol. The van der Waals surface area contributed by atoms with Crippen LogP contribution in [0.15, 0.2) is 24.3 Å². The lowest BCUT2D eigenvalue weighted by molar-refractivity contribution is -0.126. The third-order valence-electron chi connectivity index (χ3n) is 3.30. The van der Waals surface area contributed by atoms with Gasteiger partial charge in [-0.2, -0.15) is 0 Å². The van der Waals surface area contributed by atoms with E-state index >= 15 is 0 Å². The summed E-state index contributed by atoms with van der Waals surface area (Å²) in [7, 11) is 1.68. The van der Waals surface area contributed by atoms with Crippen molar-refractivity contribution in [3.05, 3.63) is 24.3 Å². The van der Waals surface area contributed by atoms with Crippen LogP contribution in [0.3, 0.4) is 0 Å². The molecule has 0 saturated heterocycles. The number of carbonyl (C=O) groups is 3. The molecule has 22 heavy (non-hydrogen) atoms. The zero-order valence-corrected chi connectivity index (χ0v) is 13.6. The summed E-state index contributed by atoms with van der Waals surface area (Å²) in [5, 5.41) is 5.41.